The van der Waals surface area contributed by atoms with E-state index in [4.69, 9.17) is 4.74 Å². The van der Waals surface area contributed by atoms with E-state index in [1.165, 1.54) is 11.3 Å². The fourth-order valence-electron chi connectivity index (χ4n) is 2.20. The minimum Gasteiger partial charge on any atom is -0.390 e. The number of methoxy groups -OCH3 is 1. The normalized spacial score (nSPS) is 20.9. The SMILES string of the molecule is COC1(C(O)CCc2cccs2)CCC1. The van der Waals surface area contributed by atoms with Gasteiger partial charge < -0.3 is 9.84 Å². The number of rotatable bonds is 5. The molecule has 0 bridgehead atoms. The van der Waals surface area contributed by atoms with Crippen LogP contribution in [0, 0.1) is 0 Å². The highest BCUT2D eigenvalue weighted by molar-refractivity contribution is 7.09. The average molecular weight is 226 g/mol. The molecule has 0 amide bonds. The van der Waals surface area contributed by atoms with Gasteiger partial charge in [-0.3, -0.25) is 0 Å². The largest absolute Gasteiger partial charge is 0.390 e. The van der Waals surface area contributed by atoms with Crippen LogP contribution in [0.1, 0.15) is 30.6 Å². The summed E-state index contributed by atoms with van der Waals surface area (Å²) in [5.74, 6) is 0. The van der Waals surface area contributed by atoms with Gasteiger partial charge in [0.25, 0.3) is 0 Å². The zero-order chi connectivity index (χ0) is 10.7. The molecule has 0 spiro atoms. The summed E-state index contributed by atoms with van der Waals surface area (Å²) in [5.41, 5.74) is -0.225. The van der Waals surface area contributed by atoms with Gasteiger partial charge in [-0.15, -0.1) is 11.3 Å². The molecular formula is C12H18O2S. The van der Waals surface area contributed by atoms with Crippen molar-refractivity contribution in [1.29, 1.82) is 0 Å². The molecule has 1 heterocycles. The van der Waals surface area contributed by atoms with Crippen molar-refractivity contribution in [2.24, 2.45) is 0 Å². The zero-order valence-electron chi connectivity index (χ0n) is 9.11. The lowest BCUT2D eigenvalue weighted by atomic mass is 9.74. The highest BCUT2D eigenvalue weighted by atomic mass is 32.1. The van der Waals surface area contributed by atoms with Gasteiger partial charge in [0, 0.05) is 12.0 Å². The van der Waals surface area contributed by atoms with Crippen molar-refractivity contribution in [2.45, 2.75) is 43.8 Å². The van der Waals surface area contributed by atoms with Crippen molar-refractivity contribution in [2.75, 3.05) is 7.11 Å². The first-order valence-electron chi connectivity index (χ1n) is 5.52. The van der Waals surface area contributed by atoms with Gasteiger partial charge >= 0.3 is 0 Å². The third-order valence-corrected chi connectivity index (χ3v) is 4.39. The fourth-order valence-corrected chi connectivity index (χ4v) is 2.92. The summed E-state index contributed by atoms with van der Waals surface area (Å²) >= 11 is 1.76. The summed E-state index contributed by atoms with van der Waals surface area (Å²) in [6.45, 7) is 0. The van der Waals surface area contributed by atoms with Gasteiger partial charge in [-0.1, -0.05) is 6.07 Å². The van der Waals surface area contributed by atoms with Crippen molar-refractivity contribution in [3.05, 3.63) is 22.4 Å². The Morgan fingerprint density at radius 3 is 2.87 bits per heavy atom. The van der Waals surface area contributed by atoms with Crippen molar-refractivity contribution in [1.82, 2.24) is 0 Å². The second-order valence-corrected chi connectivity index (χ2v) is 5.29. The molecule has 0 radical (unpaired) electrons. The Morgan fingerprint density at radius 2 is 2.40 bits per heavy atom. The maximum absolute atomic E-state index is 10.1. The minimum absolute atomic E-state index is 0.225. The Morgan fingerprint density at radius 1 is 1.60 bits per heavy atom. The van der Waals surface area contributed by atoms with Gasteiger partial charge in [-0.25, -0.2) is 0 Å². The second kappa shape index (κ2) is 4.64. The lowest BCUT2D eigenvalue weighted by molar-refractivity contribution is -0.150. The van der Waals surface area contributed by atoms with E-state index in [0.29, 0.717) is 0 Å². The molecule has 1 unspecified atom stereocenters. The van der Waals surface area contributed by atoms with E-state index in [2.05, 4.69) is 17.5 Å². The first-order valence-corrected chi connectivity index (χ1v) is 6.40. The molecule has 1 fully saturated rings. The quantitative estimate of drug-likeness (QED) is 0.836. The number of hydrogen-bond acceptors (Lipinski definition) is 3. The number of aliphatic hydroxyl groups is 1. The Balaban J connectivity index is 1.84. The Bertz CT molecular complexity index is 285. The van der Waals surface area contributed by atoms with Crippen molar-refractivity contribution < 1.29 is 9.84 Å². The summed E-state index contributed by atoms with van der Waals surface area (Å²) < 4.78 is 5.46. The first kappa shape index (κ1) is 11.1. The Kier molecular flexibility index (Phi) is 3.44. The van der Waals surface area contributed by atoms with E-state index in [1.807, 2.05) is 0 Å². The third-order valence-electron chi connectivity index (χ3n) is 3.46. The van der Waals surface area contributed by atoms with Gasteiger partial charge in [-0.05, 0) is 43.6 Å². The zero-order valence-corrected chi connectivity index (χ0v) is 9.93. The molecule has 1 aromatic rings. The fraction of sp³-hybridized carbons (Fsp3) is 0.667. The number of aliphatic hydroxyl groups excluding tert-OH is 1. The van der Waals surface area contributed by atoms with Gasteiger partial charge in [0.05, 0.1) is 11.7 Å². The predicted molar refractivity (Wildman–Crippen MR) is 62.2 cm³/mol. The van der Waals surface area contributed by atoms with Crippen LogP contribution in [0.15, 0.2) is 17.5 Å². The molecule has 3 heteroatoms. The topological polar surface area (TPSA) is 29.5 Å². The van der Waals surface area contributed by atoms with Gasteiger partial charge in [0.1, 0.15) is 0 Å². The Labute approximate surface area is 94.9 Å². The first-order chi connectivity index (χ1) is 7.27. The van der Waals surface area contributed by atoms with Crippen molar-refractivity contribution >= 4 is 11.3 Å². The highest BCUT2D eigenvalue weighted by Gasteiger charge is 2.43. The number of hydrogen-bond donors (Lipinski definition) is 1. The number of thiophene rings is 1. The van der Waals surface area contributed by atoms with Crippen LogP contribution >= 0.6 is 11.3 Å². The van der Waals surface area contributed by atoms with Gasteiger partial charge in [-0.2, -0.15) is 0 Å². The molecule has 1 aliphatic carbocycles. The molecule has 2 rings (SSSR count). The molecule has 0 aromatic carbocycles. The van der Waals surface area contributed by atoms with Gasteiger partial charge in [0.15, 0.2) is 0 Å². The van der Waals surface area contributed by atoms with Crippen LogP contribution in [0.3, 0.4) is 0 Å². The summed E-state index contributed by atoms with van der Waals surface area (Å²) in [4.78, 5) is 1.35. The smallest absolute Gasteiger partial charge is 0.0936 e. The van der Waals surface area contributed by atoms with Crippen molar-refractivity contribution in [3.63, 3.8) is 0 Å². The van der Waals surface area contributed by atoms with Crippen LogP contribution in [0.5, 0.6) is 0 Å². The molecule has 1 N–H and O–H groups in total. The van der Waals surface area contributed by atoms with E-state index < -0.39 is 0 Å². The lowest BCUT2D eigenvalue weighted by Gasteiger charge is -2.44. The average Bonchev–Trinajstić information content (AvgIpc) is 2.66. The van der Waals surface area contributed by atoms with Crippen LogP contribution in [-0.2, 0) is 11.2 Å². The minimum atomic E-state index is -0.307. The van der Waals surface area contributed by atoms with E-state index >= 15 is 0 Å². The van der Waals surface area contributed by atoms with E-state index in [1.54, 1.807) is 18.4 Å². The molecule has 15 heavy (non-hydrogen) atoms. The second-order valence-electron chi connectivity index (χ2n) is 4.26. The molecular weight excluding hydrogens is 208 g/mol. The summed E-state index contributed by atoms with van der Waals surface area (Å²) in [6.07, 6.45) is 4.67. The molecule has 1 atom stereocenters. The van der Waals surface area contributed by atoms with Crippen LogP contribution in [-0.4, -0.2) is 23.9 Å². The van der Waals surface area contributed by atoms with Crippen LogP contribution in [0.4, 0.5) is 0 Å². The molecule has 0 saturated heterocycles. The maximum atomic E-state index is 10.1. The van der Waals surface area contributed by atoms with Crippen molar-refractivity contribution in [3.8, 4) is 0 Å². The van der Waals surface area contributed by atoms with E-state index in [-0.39, 0.29) is 11.7 Å². The molecule has 1 aromatic heterocycles. The number of aryl methyl sites for hydroxylation is 1. The third kappa shape index (κ3) is 2.25. The van der Waals surface area contributed by atoms with Gasteiger partial charge in [0.2, 0.25) is 0 Å². The summed E-state index contributed by atoms with van der Waals surface area (Å²) in [5, 5.41) is 12.2. The molecule has 1 aliphatic rings. The molecule has 1 saturated carbocycles. The highest BCUT2D eigenvalue weighted by Crippen LogP contribution is 2.39. The molecule has 2 nitrogen and oxygen atoms in total. The molecule has 84 valence electrons. The number of ether oxygens (including phenoxy) is 1. The summed E-state index contributed by atoms with van der Waals surface area (Å²) in [6, 6.07) is 4.18. The van der Waals surface area contributed by atoms with Crippen LogP contribution in [0.2, 0.25) is 0 Å². The summed E-state index contributed by atoms with van der Waals surface area (Å²) in [7, 11) is 1.72. The Hall–Kier alpha value is -0.380. The standard InChI is InChI=1S/C12H18O2S/c1-14-12(7-3-8-12)11(13)6-5-10-4-2-9-15-10/h2,4,9,11,13H,3,5-8H2,1H3. The predicted octanol–water partition coefficient (Wildman–Crippen LogP) is 2.61. The van der Waals surface area contributed by atoms with Crippen LogP contribution in [0.25, 0.3) is 0 Å². The monoisotopic (exact) mass is 226 g/mol. The maximum Gasteiger partial charge on any atom is 0.0936 e. The lowest BCUT2D eigenvalue weighted by Crippen LogP contribution is -2.50. The van der Waals surface area contributed by atoms with E-state index in [0.717, 1.165) is 25.7 Å². The van der Waals surface area contributed by atoms with E-state index in [9.17, 15) is 5.11 Å². The van der Waals surface area contributed by atoms with Crippen LogP contribution < -0.4 is 0 Å². The molecule has 0 aliphatic heterocycles.